The highest BCUT2D eigenvalue weighted by atomic mass is 16.5. The van der Waals surface area contributed by atoms with Gasteiger partial charge < -0.3 is 25.6 Å². The summed E-state index contributed by atoms with van der Waals surface area (Å²) < 4.78 is 5.39. The van der Waals surface area contributed by atoms with Crippen molar-refractivity contribution in [2.75, 3.05) is 54.9 Å². The molecule has 0 atom stereocenters. The number of anilines is 3. The van der Waals surface area contributed by atoms with Gasteiger partial charge in [-0.15, -0.1) is 0 Å². The summed E-state index contributed by atoms with van der Waals surface area (Å²) in [5.74, 6) is 2.38. The minimum Gasteiger partial charge on any atom is -0.378 e. The van der Waals surface area contributed by atoms with E-state index in [0.29, 0.717) is 32.1 Å². The predicted octanol–water partition coefficient (Wildman–Crippen LogP) is 2.42. The number of carbonyl (C=O) groups is 1. The van der Waals surface area contributed by atoms with Crippen molar-refractivity contribution in [2.45, 2.75) is 20.3 Å². The average molecular weight is 384 g/mol. The van der Waals surface area contributed by atoms with E-state index < -0.39 is 0 Å². The van der Waals surface area contributed by atoms with Crippen LogP contribution in [0.1, 0.15) is 18.3 Å². The molecule has 0 radical (unpaired) electrons. The van der Waals surface area contributed by atoms with Crippen LogP contribution in [0.15, 0.2) is 30.3 Å². The number of hydrogen-bond acceptors (Lipinski definition) is 6. The van der Waals surface area contributed by atoms with Crippen LogP contribution < -0.4 is 20.9 Å². The van der Waals surface area contributed by atoms with Gasteiger partial charge in [-0.25, -0.2) is 14.8 Å². The Hall–Kier alpha value is -2.87. The SMILES string of the molecule is CCc1ccccc1NC(=O)NCCNc1cc(N2CCOCC2)nc(C)n1. The Balaban J connectivity index is 1.47. The Morgan fingerprint density at radius 2 is 1.96 bits per heavy atom. The summed E-state index contributed by atoms with van der Waals surface area (Å²) in [6, 6.07) is 9.54. The second-order valence-corrected chi connectivity index (χ2v) is 6.58. The van der Waals surface area contributed by atoms with E-state index in [0.717, 1.165) is 42.4 Å². The van der Waals surface area contributed by atoms with Crippen molar-refractivity contribution in [3.05, 3.63) is 41.7 Å². The van der Waals surface area contributed by atoms with Crippen LogP contribution in [0.4, 0.5) is 22.1 Å². The molecule has 150 valence electrons. The molecule has 8 nitrogen and oxygen atoms in total. The number of hydrogen-bond donors (Lipinski definition) is 3. The summed E-state index contributed by atoms with van der Waals surface area (Å²) in [6.07, 6.45) is 0.872. The van der Waals surface area contributed by atoms with Crippen LogP contribution in [0.3, 0.4) is 0 Å². The van der Waals surface area contributed by atoms with E-state index in [1.807, 2.05) is 37.3 Å². The van der Waals surface area contributed by atoms with Gasteiger partial charge in [0.1, 0.15) is 17.5 Å². The van der Waals surface area contributed by atoms with E-state index in [4.69, 9.17) is 4.74 Å². The van der Waals surface area contributed by atoms with Crippen molar-refractivity contribution in [1.29, 1.82) is 0 Å². The van der Waals surface area contributed by atoms with Crippen LogP contribution in [-0.4, -0.2) is 55.4 Å². The Morgan fingerprint density at radius 1 is 1.18 bits per heavy atom. The summed E-state index contributed by atoms with van der Waals surface area (Å²) in [4.78, 5) is 23.3. The average Bonchev–Trinajstić information content (AvgIpc) is 2.72. The largest absolute Gasteiger partial charge is 0.378 e. The van der Waals surface area contributed by atoms with Gasteiger partial charge in [-0.1, -0.05) is 25.1 Å². The third kappa shape index (κ3) is 5.56. The molecule has 3 N–H and O–H groups in total. The predicted molar refractivity (Wildman–Crippen MR) is 111 cm³/mol. The lowest BCUT2D eigenvalue weighted by molar-refractivity contribution is 0.122. The molecule has 1 aromatic carbocycles. The molecule has 8 heteroatoms. The monoisotopic (exact) mass is 384 g/mol. The van der Waals surface area contributed by atoms with Gasteiger partial charge in [0.15, 0.2) is 0 Å². The minimum absolute atomic E-state index is 0.212. The lowest BCUT2D eigenvalue weighted by Crippen LogP contribution is -2.37. The van der Waals surface area contributed by atoms with Gasteiger partial charge in [-0.05, 0) is 25.0 Å². The molecule has 0 spiro atoms. The highest BCUT2D eigenvalue weighted by Gasteiger charge is 2.14. The fourth-order valence-electron chi connectivity index (χ4n) is 3.08. The molecular formula is C20H28N6O2. The third-order valence-electron chi connectivity index (χ3n) is 4.52. The molecule has 0 aliphatic carbocycles. The molecule has 2 heterocycles. The number of nitrogens with zero attached hydrogens (tertiary/aromatic N) is 3. The topological polar surface area (TPSA) is 91.4 Å². The number of rotatable bonds is 7. The maximum absolute atomic E-state index is 12.1. The molecule has 3 rings (SSSR count). The van der Waals surface area contributed by atoms with Gasteiger partial charge in [0.25, 0.3) is 0 Å². The third-order valence-corrected chi connectivity index (χ3v) is 4.52. The molecule has 0 bridgehead atoms. The van der Waals surface area contributed by atoms with E-state index in [-0.39, 0.29) is 6.03 Å². The second-order valence-electron chi connectivity index (χ2n) is 6.58. The highest BCUT2D eigenvalue weighted by molar-refractivity contribution is 5.90. The molecule has 2 amide bonds. The zero-order chi connectivity index (χ0) is 19.8. The normalized spacial score (nSPS) is 13.9. The number of amides is 2. The van der Waals surface area contributed by atoms with Gasteiger partial charge in [0.05, 0.1) is 13.2 Å². The minimum atomic E-state index is -0.212. The molecule has 2 aromatic rings. The van der Waals surface area contributed by atoms with Crippen molar-refractivity contribution < 1.29 is 9.53 Å². The summed E-state index contributed by atoms with van der Waals surface area (Å²) >= 11 is 0. The van der Waals surface area contributed by atoms with Crippen molar-refractivity contribution in [2.24, 2.45) is 0 Å². The summed E-state index contributed by atoms with van der Waals surface area (Å²) in [5.41, 5.74) is 1.96. The first-order valence-corrected chi connectivity index (χ1v) is 9.70. The van der Waals surface area contributed by atoms with Gasteiger partial charge in [-0.2, -0.15) is 0 Å². The molecule has 1 saturated heterocycles. The van der Waals surface area contributed by atoms with Crippen LogP contribution in [0.5, 0.6) is 0 Å². The first-order valence-electron chi connectivity index (χ1n) is 9.70. The number of benzene rings is 1. The van der Waals surface area contributed by atoms with Gasteiger partial charge in [-0.3, -0.25) is 0 Å². The molecule has 1 fully saturated rings. The standard InChI is InChI=1S/C20H28N6O2/c1-3-16-6-4-5-7-17(16)25-20(27)22-9-8-21-18-14-19(24-15(2)23-18)26-10-12-28-13-11-26/h4-7,14H,3,8-13H2,1-2H3,(H,21,23,24)(H2,22,25,27). The smallest absolute Gasteiger partial charge is 0.319 e. The van der Waals surface area contributed by atoms with Crippen LogP contribution in [0, 0.1) is 6.92 Å². The number of morpholine rings is 1. The van der Waals surface area contributed by atoms with E-state index in [2.05, 4.69) is 37.7 Å². The van der Waals surface area contributed by atoms with E-state index >= 15 is 0 Å². The zero-order valence-electron chi connectivity index (χ0n) is 16.5. The Labute approximate surface area is 165 Å². The van der Waals surface area contributed by atoms with Crippen LogP contribution in [0.2, 0.25) is 0 Å². The van der Waals surface area contributed by atoms with E-state index in [9.17, 15) is 4.79 Å². The number of aryl methyl sites for hydroxylation is 2. The molecule has 1 aliphatic heterocycles. The molecule has 1 aromatic heterocycles. The quantitative estimate of drug-likeness (QED) is 0.635. The van der Waals surface area contributed by atoms with Crippen LogP contribution >= 0.6 is 0 Å². The number of urea groups is 1. The number of para-hydroxylation sites is 1. The molecule has 0 saturated carbocycles. The maximum atomic E-state index is 12.1. The van der Waals surface area contributed by atoms with Gasteiger partial charge in [0, 0.05) is 37.9 Å². The van der Waals surface area contributed by atoms with Crippen molar-refractivity contribution in [3.8, 4) is 0 Å². The fraction of sp³-hybridized carbons (Fsp3) is 0.450. The Kier molecular flexibility index (Phi) is 7.02. The first-order chi connectivity index (χ1) is 13.7. The second kappa shape index (κ2) is 9.89. The number of aromatic nitrogens is 2. The molecule has 28 heavy (non-hydrogen) atoms. The van der Waals surface area contributed by atoms with Gasteiger partial charge >= 0.3 is 6.03 Å². The van der Waals surface area contributed by atoms with Gasteiger partial charge in [0.2, 0.25) is 0 Å². The molecular weight excluding hydrogens is 356 g/mol. The number of ether oxygens (including phenoxy) is 1. The van der Waals surface area contributed by atoms with E-state index in [1.54, 1.807) is 0 Å². The lowest BCUT2D eigenvalue weighted by Gasteiger charge is -2.28. The zero-order valence-corrected chi connectivity index (χ0v) is 16.5. The number of carbonyl (C=O) groups excluding carboxylic acids is 1. The van der Waals surface area contributed by atoms with Crippen molar-refractivity contribution in [3.63, 3.8) is 0 Å². The van der Waals surface area contributed by atoms with Crippen molar-refractivity contribution >= 4 is 23.4 Å². The maximum Gasteiger partial charge on any atom is 0.319 e. The highest BCUT2D eigenvalue weighted by Crippen LogP contribution is 2.17. The summed E-state index contributed by atoms with van der Waals surface area (Å²) in [5, 5.41) is 9.02. The van der Waals surface area contributed by atoms with Crippen LogP contribution in [-0.2, 0) is 11.2 Å². The Bertz CT molecular complexity index is 792. The summed E-state index contributed by atoms with van der Waals surface area (Å²) in [7, 11) is 0. The van der Waals surface area contributed by atoms with Crippen LogP contribution in [0.25, 0.3) is 0 Å². The van der Waals surface area contributed by atoms with E-state index in [1.165, 1.54) is 0 Å². The Morgan fingerprint density at radius 3 is 2.75 bits per heavy atom. The molecule has 0 unspecified atom stereocenters. The fourth-order valence-corrected chi connectivity index (χ4v) is 3.08. The molecule has 1 aliphatic rings. The van der Waals surface area contributed by atoms with Crippen molar-refractivity contribution in [1.82, 2.24) is 15.3 Å². The summed E-state index contributed by atoms with van der Waals surface area (Å²) in [6.45, 7) is 8.09. The first kappa shape index (κ1) is 19.9. The number of nitrogens with one attached hydrogen (secondary N) is 3. The lowest BCUT2D eigenvalue weighted by atomic mass is 10.1.